The number of likely N-dealkylation sites (tertiary alicyclic amines) is 1. The fraction of sp³-hybridized carbons (Fsp3) is 0.432. The van der Waals surface area contributed by atoms with Gasteiger partial charge in [0.1, 0.15) is 5.82 Å². The fourth-order valence-corrected chi connectivity index (χ4v) is 7.85. The van der Waals surface area contributed by atoms with Crippen LogP contribution in [-0.2, 0) is 27.2 Å². The van der Waals surface area contributed by atoms with Gasteiger partial charge in [0.05, 0.1) is 29.8 Å². The van der Waals surface area contributed by atoms with Crippen LogP contribution in [-0.4, -0.2) is 79.7 Å². The quantitative estimate of drug-likeness (QED) is 0.240. The van der Waals surface area contributed by atoms with Crippen LogP contribution in [0.4, 0.5) is 11.5 Å². The van der Waals surface area contributed by atoms with Crippen LogP contribution in [0.25, 0.3) is 0 Å². The molecule has 1 aromatic carbocycles. The average Bonchev–Trinajstić information content (AvgIpc) is 3.68. The van der Waals surface area contributed by atoms with Crippen LogP contribution in [0, 0.1) is 17.3 Å². The van der Waals surface area contributed by atoms with E-state index < -0.39 is 0 Å². The lowest BCUT2D eigenvalue weighted by Gasteiger charge is -2.48. The van der Waals surface area contributed by atoms with Crippen molar-refractivity contribution in [2.24, 2.45) is 17.3 Å². The van der Waals surface area contributed by atoms with Crippen molar-refractivity contribution in [2.45, 2.75) is 57.9 Å². The Hall–Kier alpha value is -5.33. The van der Waals surface area contributed by atoms with Crippen LogP contribution in [0.5, 0.6) is 0 Å². The van der Waals surface area contributed by atoms with Gasteiger partial charge in [-0.05, 0) is 48.3 Å². The van der Waals surface area contributed by atoms with Gasteiger partial charge in [-0.1, -0.05) is 50.2 Å². The number of carbonyl (C=O) groups is 4. The molecule has 13 nitrogen and oxygen atoms in total. The number of hydrogen-bond donors (Lipinski definition) is 3. The van der Waals surface area contributed by atoms with E-state index in [2.05, 4.69) is 61.8 Å². The maximum absolute atomic E-state index is 13.5. The zero-order valence-corrected chi connectivity index (χ0v) is 28.3. The molecule has 0 radical (unpaired) electrons. The number of nitrogens with one attached hydrogen (secondary N) is 3. The standard InChI is InChI=1S/C37H41N9O4/c1-37(2)13-12-28-29(14-37)42-43-32(28)35(49)40-26-16-39-46(21-26)33(22-6-4-3-5-7-22)24-17-45(18-24)36(50)25-19-44(20-25)30-10-8-23(15-38-30)27-9-11-31(47)41-34(27)48/h3-8,10,15-16,21,24-25,27,33H,9,11-14,17-20H2,1-2H3,(H,40,49)(H,42,43)(H,41,47,48)/t27?,33-/m1/s1. The van der Waals surface area contributed by atoms with E-state index in [1.807, 2.05) is 46.1 Å². The summed E-state index contributed by atoms with van der Waals surface area (Å²) in [4.78, 5) is 59.0. The Balaban J connectivity index is 0.882. The highest BCUT2D eigenvalue weighted by atomic mass is 16.2. The predicted molar refractivity (Wildman–Crippen MR) is 184 cm³/mol. The Labute approximate surface area is 289 Å². The minimum absolute atomic E-state index is 0.101. The Morgan fingerprint density at radius 3 is 2.54 bits per heavy atom. The summed E-state index contributed by atoms with van der Waals surface area (Å²) in [7, 11) is 0. The number of anilines is 2. The first-order valence-electron chi connectivity index (χ1n) is 17.4. The lowest BCUT2D eigenvalue weighted by atomic mass is 9.76. The molecular weight excluding hydrogens is 634 g/mol. The lowest BCUT2D eigenvalue weighted by Crippen LogP contribution is -2.61. The first-order chi connectivity index (χ1) is 24.1. The van der Waals surface area contributed by atoms with Crippen molar-refractivity contribution < 1.29 is 19.2 Å². The molecule has 13 heteroatoms. The molecule has 258 valence electrons. The van der Waals surface area contributed by atoms with Gasteiger partial charge in [0.2, 0.25) is 17.7 Å². The van der Waals surface area contributed by atoms with E-state index in [0.29, 0.717) is 50.4 Å². The molecule has 0 bridgehead atoms. The summed E-state index contributed by atoms with van der Waals surface area (Å²) in [6.07, 6.45) is 8.75. The Morgan fingerprint density at radius 1 is 1.00 bits per heavy atom. The molecule has 1 unspecified atom stereocenters. The molecule has 4 amide bonds. The maximum atomic E-state index is 13.5. The SMILES string of the molecule is CC1(C)CCc2c(C(=O)Nc3cnn([C@H](c4ccccc4)C4CN(C(=O)C5CN(c6ccc(C7CCC(=O)NC7=O)cn6)C5)C4)c3)n[nH]c2C1. The molecule has 6 heterocycles. The zero-order chi connectivity index (χ0) is 34.6. The normalized spacial score (nSPS) is 21.1. The number of aromatic amines is 1. The smallest absolute Gasteiger partial charge is 0.276 e. The molecule has 0 spiro atoms. The second-order valence-electron chi connectivity index (χ2n) is 14.9. The molecule has 0 saturated carbocycles. The van der Waals surface area contributed by atoms with Crippen LogP contribution >= 0.6 is 0 Å². The van der Waals surface area contributed by atoms with Crippen LogP contribution < -0.4 is 15.5 Å². The van der Waals surface area contributed by atoms with E-state index in [1.54, 1.807) is 12.4 Å². The monoisotopic (exact) mass is 675 g/mol. The zero-order valence-electron chi connectivity index (χ0n) is 28.3. The summed E-state index contributed by atoms with van der Waals surface area (Å²) < 4.78 is 1.90. The number of pyridine rings is 1. The minimum Gasteiger partial charge on any atom is -0.355 e. The molecular formula is C37H41N9O4. The summed E-state index contributed by atoms with van der Waals surface area (Å²) in [6, 6.07) is 13.8. The highest BCUT2D eigenvalue weighted by molar-refractivity contribution is 6.04. The number of imide groups is 1. The van der Waals surface area contributed by atoms with Crippen LogP contribution in [0.3, 0.4) is 0 Å². The second-order valence-corrected chi connectivity index (χ2v) is 14.9. The summed E-state index contributed by atoms with van der Waals surface area (Å²) in [5.74, 6) is -0.158. The lowest BCUT2D eigenvalue weighted by molar-refractivity contribution is -0.143. The van der Waals surface area contributed by atoms with E-state index in [9.17, 15) is 19.2 Å². The van der Waals surface area contributed by atoms with Gasteiger partial charge in [-0.25, -0.2) is 4.98 Å². The topological polar surface area (TPSA) is 158 Å². The maximum Gasteiger partial charge on any atom is 0.276 e. The third-order valence-electron chi connectivity index (χ3n) is 10.8. The van der Waals surface area contributed by atoms with E-state index >= 15 is 0 Å². The Bertz CT molecular complexity index is 1940. The third kappa shape index (κ3) is 6.05. The first kappa shape index (κ1) is 31.9. The largest absolute Gasteiger partial charge is 0.355 e. The number of hydrogen-bond acceptors (Lipinski definition) is 8. The molecule has 4 aromatic rings. The molecule has 2 atom stereocenters. The molecule has 3 fully saturated rings. The highest BCUT2D eigenvalue weighted by Gasteiger charge is 2.44. The third-order valence-corrected chi connectivity index (χ3v) is 10.8. The van der Waals surface area contributed by atoms with Gasteiger partial charge in [-0.3, -0.25) is 34.3 Å². The van der Waals surface area contributed by atoms with E-state index in [0.717, 1.165) is 47.5 Å². The summed E-state index contributed by atoms with van der Waals surface area (Å²) >= 11 is 0. The number of amides is 4. The molecule has 1 aliphatic carbocycles. The number of rotatable bonds is 8. The summed E-state index contributed by atoms with van der Waals surface area (Å²) in [6.45, 7) is 6.88. The van der Waals surface area contributed by atoms with Crippen LogP contribution in [0.2, 0.25) is 0 Å². The number of benzene rings is 1. The van der Waals surface area contributed by atoms with Crippen molar-refractivity contribution in [3.63, 3.8) is 0 Å². The number of aromatic nitrogens is 5. The summed E-state index contributed by atoms with van der Waals surface area (Å²) in [5.41, 5.74) is 5.17. The molecule has 3 aliphatic heterocycles. The minimum atomic E-state index is -0.369. The van der Waals surface area contributed by atoms with Gasteiger partial charge < -0.3 is 15.1 Å². The van der Waals surface area contributed by atoms with Gasteiger partial charge in [0, 0.05) is 62.2 Å². The number of nitrogens with zero attached hydrogens (tertiary/aromatic N) is 6. The molecule has 50 heavy (non-hydrogen) atoms. The number of carbonyl (C=O) groups excluding carboxylic acids is 4. The van der Waals surface area contributed by atoms with Crippen molar-refractivity contribution in [3.8, 4) is 0 Å². The Kier molecular flexibility index (Phi) is 7.99. The number of H-pyrrole nitrogens is 1. The molecule has 4 aliphatic rings. The first-order valence-corrected chi connectivity index (χ1v) is 17.4. The second kappa shape index (κ2) is 12.5. The number of fused-ring (bicyclic) bond motifs is 1. The molecule has 3 saturated heterocycles. The van der Waals surface area contributed by atoms with Crippen molar-refractivity contribution in [2.75, 3.05) is 36.4 Å². The van der Waals surface area contributed by atoms with E-state index in [-0.39, 0.29) is 52.8 Å². The van der Waals surface area contributed by atoms with Gasteiger partial charge in [-0.2, -0.15) is 10.2 Å². The van der Waals surface area contributed by atoms with Crippen LogP contribution in [0.15, 0.2) is 61.1 Å². The van der Waals surface area contributed by atoms with Crippen molar-refractivity contribution in [1.29, 1.82) is 0 Å². The van der Waals surface area contributed by atoms with E-state index in [4.69, 9.17) is 0 Å². The average molecular weight is 676 g/mol. The van der Waals surface area contributed by atoms with Crippen molar-refractivity contribution in [1.82, 2.24) is 35.2 Å². The van der Waals surface area contributed by atoms with Gasteiger partial charge in [0.15, 0.2) is 5.69 Å². The van der Waals surface area contributed by atoms with Crippen LogP contribution in [0.1, 0.15) is 77.9 Å². The predicted octanol–water partition coefficient (Wildman–Crippen LogP) is 3.47. The van der Waals surface area contributed by atoms with Gasteiger partial charge in [-0.15, -0.1) is 0 Å². The number of piperidine rings is 1. The Morgan fingerprint density at radius 2 is 1.80 bits per heavy atom. The molecule has 8 rings (SSSR count). The molecule has 3 N–H and O–H groups in total. The van der Waals surface area contributed by atoms with Crippen molar-refractivity contribution >= 4 is 35.1 Å². The van der Waals surface area contributed by atoms with Gasteiger partial charge >= 0.3 is 0 Å². The fourth-order valence-electron chi connectivity index (χ4n) is 7.85. The molecule has 3 aromatic heterocycles. The van der Waals surface area contributed by atoms with E-state index in [1.165, 1.54) is 0 Å². The summed E-state index contributed by atoms with van der Waals surface area (Å²) in [5, 5.41) is 17.5. The highest BCUT2D eigenvalue weighted by Crippen LogP contribution is 2.37. The van der Waals surface area contributed by atoms with Crippen molar-refractivity contribution in [3.05, 3.63) is 89.1 Å². The van der Waals surface area contributed by atoms with Gasteiger partial charge in [0.25, 0.3) is 5.91 Å².